The molecule has 2 aromatic rings. The Morgan fingerprint density at radius 2 is 2.13 bits per heavy atom. The Balaban J connectivity index is 3.11. The van der Waals surface area contributed by atoms with Gasteiger partial charge in [0, 0.05) is 13.6 Å². The van der Waals surface area contributed by atoms with E-state index >= 15 is 0 Å². The number of hydrogen-bond acceptors (Lipinski definition) is 4. The van der Waals surface area contributed by atoms with Crippen molar-refractivity contribution in [3.05, 3.63) is 20.8 Å². The standard InChI is InChI=1S/C8H11N5O2/c1-3-13-5-4(10-7(9)11-5)6(14)12(2)8(13)15/h3H2,1-2H3,(H3,9,10,11). The smallest absolute Gasteiger partial charge is 0.332 e. The van der Waals surface area contributed by atoms with Gasteiger partial charge in [-0.3, -0.25) is 13.9 Å². The van der Waals surface area contributed by atoms with Crippen LogP contribution in [0.25, 0.3) is 11.2 Å². The first-order chi connectivity index (χ1) is 7.06. The van der Waals surface area contributed by atoms with Crippen molar-refractivity contribution >= 4 is 17.1 Å². The zero-order valence-electron chi connectivity index (χ0n) is 8.44. The van der Waals surface area contributed by atoms with E-state index in [0.29, 0.717) is 12.2 Å². The fourth-order valence-electron chi connectivity index (χ4n) is 1.54. The van der Waals surface area contributed by atoms with Crippen molar-refractivity contribution in [1.82, 2.24) is 19.1 Å². The van der Waals surface area contributed by atoms with Gasteiger partial charge < -0.3 is 10.7 Å². The largest absolute Gasteiger partial charge is 0.369 e. The monoisotopic (exact) mass is 209 g/mol. The van der Waals surface area contributed by atoms with E-state index in [1.54, 1.807) is 6.92 Å². The van der Waals surface area contributed by atoms with Gasteiger partial charge >= 0.3 is 5.69 Å². The van der Waals surface area contributed by atoms with Crippen LogP contribution in [0.15, 0.2) is 9.59 Å². The highest BCUT2D eigenvalue weighted by atomic mass is 16.2. The lowest BCUT2D eigenvalue weighted by Crippen LogP contribution is -2.37. The molecule has 0 aliphatic carbocycles. The predicted molar refractivity (Wildman–Crippen MR) is 55.7 cm³/mol. The summed E-state index contributed by atoms with van der Waals surface area (Å²) in [4.78, 5) is 29.9. The highest BCUT2D eigenvalue weighted by Gasteiger charge is 2.12. The third kappa shape index (κ3) is 1.16. The Labute approximate surface area is 84.2 Å². The molecule has 0 amide bonds. The Morgan fingerprint density at radius 1 is 1.47 bits per heavy atom. The molecule has 2 rings (SSSR count). The maximum atomic E-state index is 11.7. The van der Waals surface area contributed by atoms with Gasteiger partial charge in [0.25, 0.3) is 5.56 Å². The summed E-state index contributed by atoms with van der Waals surface area (Å²) >= 11 is 0. The number of nitrogen functional groups attached to an aromatic ring is 1. The minimum atomic E-state index is -0.413. The minimum absolute atomic E-state index is 0.134. The van der Waals surface area contributed by atoms with Gasteiger partial charge in [-0.25, -0.2) is 4.79 Å². The van der Waals surface area contributed by atoms with Gasteiger partial charge in [-0.15, -0.1) is 0 Å². The van der Waals surface area contributed by atoms with Gasteiger partial charge in [0.1, 0.15) is 0 Å². The lowest BCUT2D eigenvalue weighted by molar-refractivity contribution is 0.652. The number of nitrogens with one attached hydrogen (secondary N) is 1. The molecular weight excluding hydrogens is 198 g/mol. The Morgan fingerprint density at radius 3 is 2.73 bits per heavy atom. The van der Waals surface area contributed by atoms with Crippen molar-refractivity contribution < 1.29 is 0 Å². The predicted octanol–water partition coefficient (Wildman–Crippen LogP) is -0.975. The van der Waals surface area contributed by atoms with E-state index in [4.69, 9.17) is 5.73 Å². The van der Waals surface area contributed by atoms with Gasteiger partial charge in [0.05, 0.1) is 0 Å². The molecule has 7 heteroatoms. The molecule has 0 unspecified atom stereocenters. The Kier molecular flexibility index (Phi) is 1.88. The van der Waals surface area contributed by atoms with Gasteiger partial charge in [-0.1, -0.05) is 0 Å². The van der Waals surface area contributed by atoms with E-state index in [9.17, 15) is 9.59 Å². The van der Waals surface area contributed by atoms with Crippen LogP contribution in [0.5, 0.6) is 0 Å². The first-order valence-electron chi connectivity index (χ1n) is 4.51. The second-order valence-corrected chi connectivity index (χ2v) is 3.21. The average Bonchev–Trinajstić information content (AvgIpc) is 2.58. The Hall–Kier alpha value is -2.05. The van der Waals surface area contributed by atoms with E-state index in [1.807, 2.05) is 0 Å². The van der Waals surface area contributed by atoms with Crippen molar-refractivity contribution in [1.29, 1.82) is 0 Å². The summed E-state index contributed by atoms with van der Waals surface area (Å²) in [5, 5.41) is 0. The van der Waals surface area contributed by atoms with Crippen molar-refractivity contribution in [3.8, 4) is 0 Å². The summed E-state index contributed by atoms with van der Waals surface area (Å²) in [5.41, 5.74) is 5.22. The molecule has 0 spiro atoms. The van der Waals surface area contributed by atoms with Crippen LogP contribution in [0.2, 0.25) is 0 Å². The lowest BCUT2D eigenvalue weighted by Gasteiger charge is -2.04. The second kappa shape index (κ2) is 2.97. The lowest BCUT2D eigenvalue weighted by atomic mass is 10.5. The number of imidazole rings is 1. The summed E-state index contributed by atoms with van der Waals surface area (Å²) in [5.74, 6) is 0.134. The third-order valence-electron chi connectivity index (χ3n) is 2.31. The summed E-state index contributed by atoms with van der Waals surface area (Å²) in [6.07, 6.45) is 0. The molecule has 0 saturated heterocycles. The zero-order valence-corrected chi connectivity index (χ0v) is 8.44. The molecule has 15 heavy (non-hydrogen) atoms. The molecule has 0 aliphatic heterocycles. The van der Waals surface area contributed by atoms with Crippen molar-refractivity contribution in [2.45, 2.75) is 13.5 Å². The molecule has 7 nitrogen and oxygen atoms in total. The number of nitrogens with zero attached hydrogens (tertiary/aromatic N) is 3. The number of anilines is 1. The summed E-state index contributed by atoms with van der Waals surface area (Å²) < 4.78 is 2.42. The van der Waals surface area contributed by atoms with Gasteiger partial charge in [0.15, 0.2) is 17.1 Å². The quantitative estimate of drug-likeness (QED) is 0.631. The van der Waals surface area contributed by atoms with Crippen molar-refractivity contribution in [3.63, 3.8) is 0 Å². The number of nitrogens with two attached hydrogens (primary N) is 1. The molecule has 0 bridgehead atoms. The fraction of sp³-hybridized carbons (Fsp3) is 0.375. The van der Waals surface area contributed by atoms with Crippen LogP contribution in [0.3, 0.4) is 0 Å². The van der Waals surface area contributed by atoms with Crippen LogP contribution in [-0.2, 0) is 13.6 Å². The van der Waals surface area contributed by atoms with Crippen molar-refractivity contribution in [2.24, 2.45) is 7.05 Å². The molecule has 0 aromatic carbocycles. The highest BCUT2D eigenvalue weighted by molar-refractivity contribution is 5.72. The second-order valence-electron chi connectivity index (χ2n) is 3.21. The summed E-state index contributed by atoms with van der Waals surface area (Å²) in [6, 6.07) is 0. The number of fused-ring (bicyclic) bond motifs is 1. The topological polar surface area (TPSA) is 98.7 Å². The average molecular weight is 209 g/mol. The van der Waals surface area contributed by atoms with Crippen LogP contribution < -0.4 is 17.0 Å². The number of H-pyrrole nitrogens is 1. The first-order valence-corrected chi connectivity index (χ1v) is 4.51. The number of aromatic nitrogens is 4. The molecule has 0 fully saturated rings. The van der Waals surface area contributed by atoms with Gasteiger partial charge in [-0.05, 0) is 6.92 Å². The number of rotatable bonds is 1. The van der Waals surface area contributed by atoms with Gasteiger partial charge in [0.2, 0.25) is 0 Å². The maximum absolute atomic E-state index is 11.7. The van der Waals surface area contributed by atoms with E-state index in [1.165, 1.54) is 11.6 Å². The van der Waals surface area contributed by atoms with Crippen LogP contribution >= 0.6 is 0 Å². The fourth-order valence-corrected chi connectivity index (χ4v) is 1.54. The van der Waals surface area contributed by atoms with Crippen LogP contribution in [0.1, 0.15) is 6.92 Å². The maximum Gasteiger partial charge on any atom is 0.332 e. The Bertz CT molecular complexity index is 633. The molecule has 3 N–H and O–H groups in total. The molecule has 0 radical (unpaired) electrons. The third-order valence-corrected chi connectivity index (χ3v) is 2.31. The molecular formula is C8H11N5O2. The van der Waals surface area contributed by atoms with Crippen LogP contribution in [0.4, 0.5) is 5.95 Å². The van der Waals surface area contributed by atoms with E-state index in [0.717, 1.165) is 4.57 Å². The van der Waals surface area contributed by atoms with Crippen LogP contribution in [-0.4, -0.2) is 19.1 Å². The molecule has 2 aromatic heterocycles. The molecule has 0 aliphatic rings. The summed E-state index contributed by atoms with van der Waals surface area (Å²) in [6.45, 7) is 2.24. The van der Waals surface area contributed by atoms with Crippen LogP contribution in [0, 0.1) is 0 Å². The molecule has 0 atom stereocenters. The molecule has 2 heterocycles. The zero-order chi connectivity index (χ0) is 11.2. The molecule has 80 valence electrons. The summed E-state index contributed by atoms with van der Waals surface area (Å²) in [7, 11) is 1.42. The number of aryl methyl sites for hydroxylation is 1. The van der Waals surface area contributed by atoms with Gasteiger partial charge in [-0.2, -0.15) is 4.98 Å². The van der Waals surface area contributed by atoms with E-state index in [-0.39, 0.29) is 17.2 Å². The first kappa shape index (κ1) is 9.50. The normalized spacial score (nSPS) is 11.1. The van der Waals surface area contributed by atoms with E-state index in [2.05, 4.69) is 9.97 Å². The number of aromatic amines is 1. The minimum Gasteiger partial charge on any atom is -0.369 e. The highest BCUT2D eigenvalue weighted by Crippen LogP contribution is 2.05. The van der Waals surface area contributed by atoms with Crippen molar-refractivity contribution in [2.75, 3.05) is 5.73 Å². The molecule has 0 saturated carbocycles. The van der Waals surface area contributed by atoms with E-state index < -0.39 is 5.56 Å². The SMILES string of the molecule is CCn1c(=O)n(C)c(=O)c2[nH]c(N)nc21. The number of hydrogen-bond donors (Lipinski definition) is 2.